The number of Topliss-reactive ketones (excluding diaryl/α,β-unsaturated/α-hetero) is 1. The zero-order valence-corrected chi connectivity index (χ0v) is 9.92. The number of thiophene rings is 1. The summed E-state index contributed by atoms with van der Waals surface area (Å²) < 4.78 is 4.94. The molecule has 2 N–H and O–H groups in total. The highest BCUT2D eigenvalue weighted by Crippen LogP contribution is 2.17. The highest BCUT2D eigenvalue weighted by atomic mass is 32.1. The lowest BCUT2D eigenvalue weighted by Gasteiger charge is -2.17. The van der Waals surface area contributed by atoms with Crippen molar-refractivity contribution in [3.05, 3.63) is 22.4 Å². The van der Waals surface area contributed by atoms with E-state index >= 15 is 0 Å². The third-order valence-electron chi connectivity index (χ3n) is 2.48. The summed E-state index contributed by atoms with van der Waals surface area (Å²) in [6.07, 6.45) is 0.717. The standard InChI is InChI=1S/C11H17NO2S/c1-8(9(12)5-6-14-2)11(13)10-4-3-7-15-10/h3-4,7-9H,5-6,12H2,1-2H3. The fraction of sp³-hybridized carbons (Fsp3) is 0.545. The van der Waals surface area contributed by atoms with E-state index in [9.17, 15) is 4.79 Å². The molecule has 1 rings (SSSR count). The fourth-order valence-electron chi connectivity index (χ4n) is 1.34. The van der Waals surface area contributed by atoms with Crippen LogP contribution in [0.25, 0.3) is 0 Å². The van der Waals surface area contributed by atoms with Gasteiger partial charge in [-0.1, -0.05) is 13.0 Å². The fourth-order valence-corrected chi connectivity index (χ4v) is 2.10. The Morgan fingerprint density at radius 3 is 2.93 bits per heavy atom. The number of ketones is 1. The molecular weight excluding hydrogens is 210 g/mol. The minimum Gasteiger partial charge on any atom is -0.385 e. The molecule has 0 saturated carbocycles. The Morgan fingerprint density at radius 1 is 1.67 bits per heavy atom. The van der Waals surface area contributed by atoms with Crippen LogP contribution in [0.1, 0.15) is 23.0 Å². The SMILES string of the molecule is COCCC(N)C(C)C(=O)c1cccs1. The van der Waals surface area contributed by atoms with Crippen molar-refractivity contribution in [2.75, 3.05) is 13.7 Å². The van der Waals surface area contributed by atoms with Crippen LogP contribution in [-0.4, -0.2) is 25.5 Å². The van der Waals surface area contributed by atoms with Crippen LogP contribution in [-0.2, 0) is 4.74 Å². The van der Waals surface area contributed by atoms with E-state index in [2.05, 4.69) is 0 Å². The van der Waals surface area contributed by atoms with Crippen molar-refractivity contribution in [1.29, 1.82) is 0 Å². The molecule has 4 heteroatoms. The minimum absolute atomic E-state index is 0.125. The largest absolute Gasteiger partial charge is 0.385 e. The molecule has 1 aromatic heterocycles. The molecule has 15 heavy (non-hydrogen) atoms. The van der Waals surface area contributed by atoms with E-state index < -0.39 is 0 Å². The highest BCUT2D eigenvalue weighted by Gasteiger charge is 2.22. The van der Waals surface area contributed by atoms with Crippen LogP contribution in [0.5, 0.6) is 0 Å². The molecule has 0 aliphatic heterocycles. The van der Waals surface area contributed by atoms with Gasteiger partial charge in [0.15, 0.2) is 5.78 Å². The molecular formula is C11H17NO2S. The summed E-state index contributed by atoms with van der Waals surface area (Å²) >= 11 is 1.46. The lowest BCUT2D eigenvalue weighted by molar-refractivity contribution is 0.0903. The zero-order valence-electron chi connectivity index (χ0n) is 9.10. The molecule has 0 aromatic carbocycles. The van der Waals surface area contributed by atoms with Crippen LogP contribution in [0.15, 0.2) is 17.5 Å². The summed E-state index contributed by atoms with van der Waals surface area (Å²) in [5, 5.41) is 1.90. The van der Waals surface area contributed by atoms with Crippen molar-refractivity contribution >= 4 is 17.1 Å². The molecule has 0 bridgehead atoms. The van der Waals surface area contributed by atoms with Gasteiger partial charge in [0.2, 0.25) is 0 Å². The third-order valence-corrected chi connectivity index (χ3v) is 3.36. The van der Waals surface area contributed by atoms with Crippen molar-refractivity contribution in [3.63, 3.8) is 0 Å². The van der Waals surface area contributed by atoms with E-state index in [1.807, 2.05) is 24.4 Å². The van der Waals surface area contributed by atoms with Gasteiger partial charge >= 0.3 is 0 Å². The first-order chi connectivity index (χ1) is 7.16. The summed E-state index contributed by atoms with van der Waals surface area (Å²) in [5.41, 5.74) is 5.91. The Balaban J connectivity index is 2.52. The number of nitrogens with two attached hydrogens (primary N) is 1. The molecule has 2 atom stereocenters. The van der Waals surface area contributed by atoms with E-state index in [4.69, 9.17) is 10.5 Å². The maximum absolute atomic E-state index is 11.9. The number of hydrogen-bond donors (Lipinski definition) is 1. The number of carbonyl (C=O) groups is 1. The first kappa shape index (κ1) is 12.4. The topological polar surface area (TPSA) is 52.3 Å². The van der Waals surface area contributed by atoms with Gasteiger partial charge in [-0.05, 0) is 17.9 Å². The molecule has 0 aliphatic rings. The van der Waals surface area contributed by atoms with E-state index in [0.29, 0.717) is 6.61 Å². The van der Waals surface area contributed by atoms with E-state index in [0.717, 1.165) is 11.3 Å². The number of ether oxygens (including phenoxy) is 1. The average molecular weight is 227 g/mol. The number of rotatable bonds is 6. The molecule has 2 unspecified atom stereocenters. The molecule has 1 aromatic rings. The van der Waals surface area contributed by atoms with Gasteiger partial charge in [0.1, 0.15) is 0 Å². The second-order valence-electron chi connectivity index (χ2n) is 3.58. The molecule has 0 aliphatic carbocycles. The van der Waals surface area contributed by atoms with Gasteiger partial charge in [-0.25, -0.2) is 0 Å². The van der Waals surface area contributed by atoms with Crippen molar-refractivity contribution in [2.24, 2.45) is 11.7 Å². The van der Waals surface area contributed by atoms with E-state index in [-0.39, 0.29) is 17.7 Å². The predicted molar refractivity (Wildman–Crippen MR) is 62.3 cm³/mol. The lowest BCUT2D eigenvalue weighted by Crippen LogP contribution is -2.34. The maximum Gasteiger partial charge on any atom is 0.177 e. The van der Waals surface area contributed by atoms with Crippen LogP contribution < -0.4 is 5.73 Å². The molecule has 0 amide bonds. The quantitative estimate of drug-likeness (QED) is 0.755. The Hall–Kier alpha value is -0.710. The van der Waals surface area contributed by atoms with Crippen molar-refractivity contribution in [1.82, 2.24) is 0 Å². The number of carbonyl (C=O) groups excluding carboxylic acids is 1. The molecule has 0 radical (unpaired) electrons. The van der Waals surface area contributed by atoms with Gasteiger partial charge in [0.25, 0.3) is 0 Å². The van der Waals surface area contributed by atoms with Crippen LogP contribution in [0.2, 0.25) is 0 Å². The highest BCUT2D eigenvalue weighted by molar-refractivity contribution is 7.12. The molecule has 84 valence electrons. The van der Waals surface area contributed by atoms with Crippen molar-refractivity contribution in [3.8, 4) is 0 Å². The average Bonchev–Trinajstić information content (AvgIpc) is 2.77. The summed E-state index contributed by atoms with van der Waals surface area (Å²) in [5.74, 6) is -0.00703. The normalized spacial score (nSPS) is 14.9. The molecule has 0 fully saturated rings. The van der Waals surface area contributed by atoms with Crippen LogP contribution in [0.3, 0.4) is 0 Å². The van der Waals surface area contributed by atoms with Gasteiger partial charge in [-0.3, -0.25) is 4.79 Å². The number of methoxy groups -OCH3 is 1. The van der Waals surface area contributed by atoms with Crippen molar-refractivity contribution in [2.45, 2.75) is 19.4 Å². The maximum atomic E-state index is 11.9. The molecule has 3 nitrogen and oxygen atoms in total. The summed E-state index contributed by atoms with van der Waals surface area (Å²) in [7, 11) is 1.64. The van der Waals surface area contributed by atoms with Gasteiger partial charge < -0.3 is 10.5 Å². The Kier molecular flexibility index (Phi) is 4.94. The Morgan fingerprint density at radius 2 is 2.40 bits per heavy atom. The number of hydrogen-bond acceptors (Lipinski definition) is 4. The van der Waals surface area contributed by atoms with Gasteiger partial charge in [0, 0.05) is 25.7 Å². The second kappa shape index (κ2) is 6.00. The summed E-state index contributed by atoms with van der Waals surface area (Å²) in [6, 6.07) is 3.59. The van der Waals surface area contributed by atoms with E-state index in [1.54, 1.807) is 7.11 Å². The Bertz CT molecular complexity index is 298. The first-order valence-corrected chi connectivity index (χ1v) is 5.87. The second-order valence-corrected chi connectivity index (χ2v) is 4.52. The molecule has 0 saturated heterocycles. The minimum atomic E-state index is -0.140. The van der Waals surface area contributed by atoms with Gasteiger partial charge in [-0.15, -0.1) is 11.3 Å². The third kappa shape index (κ3) is 3.41. The van der Waals surface area contributed by atoms with Crippen LogP contribution >= 0.6 is 11.3 Å². The van der Waals surface area contributed by atoms with Gasteiger partial charge in [-0.2, -0.15) is 0 Å². The molecule has 0 spiro atoms. The van der Waals surface area contributed by atoms with Crippen molar-refractivity contribution < 1.29 is 9.53 Å². The van der Waals surface area contributed by atoms with Crippen LogP contribution in [0, 0.1) is 5.92 Å². The molecule has 1 heterocycles. The summed E-state index contributed by atoms with van der Waals surface area (Å²) in [6.45, 7) is 2.48. The summed E-state index contributed by atoms with van der Waals surface area (Å²) in [4.78, 5) is 12.7. The predicted octanol–water partition coefficient (Wildman–Crippen LogP) is 1.93. The Labute approximate surface area is 94.2 Å². The van der Waals surface area contributed by atoms with Crippen LogP contribution in [0.4, 0.5) is 0 Å². The first-order valence-electron chi connectivity index (χ1n) is 4.99. The van der Waals surface area contributed by atoms with E-state index in [1.165, 1.54) is 11.3 Å². The van der Waals surface area contributed by atoms with Gasteiger partial charge in [0.05, 0.1) is 4.88 Å². The lowest BCUT2D eigenvalue weighted by atomic mass is 9.95. The monoisotopic (exact) mass is 227 g/mol. The smallest absolute Gasteiger partial charge is 0.177 e. The zero-order chi connectivity index (χ0) is 11.3.